The molecule has 0 bridgehead atoms. The van der Waals surface area contributed by atoms with E-state index >= 15 is 0 Å². The fourth-order valence-corrected chi connectivity index (χ4v) is 1.78. The normalized spacial score (nSPS) is 21.9. The molecule has 7 nitrogen and oxygen atoms in total. The minimum absolute atomic E-state index is 0.175. The highest BCUT2D eigenvalue weighted by molar-refractivity contribution is 6.03. The predicted molar refractivity (Wildman–Crippen MR) is 63.4 cm³/mol. The van der Waals surface area contributed by atoms with Crippen LogP contribution in [0, 0.1) is 0 Å². The zero-order valence-corrected chi connectivity index (χ0v) is 10.6. The van der Waals surface area contributed by atoms with Crippen LogP contribution in [0.4, 0.5) is 0 Å². The second kappa shape index (κ2) is 6.46. The number of carbonyl (C=O) groups excluding carboxylic acids is 3. The van der Waals surface area contributed by atoms with Gasteiger partial charge in [-0.15, -0.1) is 0 Å². The Morgan fingerprint density at radius 1 is 1.61 bits per heavy atom. The number of rotatable bonds is 5. The van der Waals surface area contributed by atoms with Gasteiger partial charge in [-0.25, -0.2) is 0 Å². The molecule has 0 aromatic carbocycles. The molecule has 1 fully saturated rings. The molecule has 0 spiro atoms. The number of amides is 3. The second-order valence-electron chi connectivity index (χ2n) is 4.39. The molecule has 1 saturated heterocycles. The summed E-state index contributed by atoms with van der Waals surface area (Å²) in [6, 6.07) is -0.863. The summed E-state index contributed by atoms with van der Waals surface area (Å²) in [5.74, 6) is -1.23. The van der Waals surface area contributed by atoms with Crippen LogP contribution in [0.15, 0.2) is 0 Å². The van der Waals surface area contributed by atoms with Gasteiger partial charge in [0.15, 0.2) is 0 Å². The Kier molecular flexibility index (Phi) is 5.24. The molecule has 1 aliphatic rings. The average Bonchev–Trinajstić information content (AvgIpc) is 2.30. The van der Waals surface area contributed by atoms with Crippen molar-refractivity contribution in [2.45, 2.75) is 31.8 Å². The van der Waals surface area contributed by atoms with E-state index in [1.807, 2.05) is 0 Å². The summed E-state index contributed by atoms with van der Waals surface area (Å²) in [5, 5.41) is 2.63. The van der Waals surface area contributed by atoms with Gasteiger partial charge in [-0.1, -0.05) is 0 Å². The number of ether oxygens (including phenoxy) is 1. The largest absolute Gasteiger partial charge is 0.383 e. The number of nitrogens with two attached hydrogens (primary N) is 1. The van der Waals surface area contributed by atoms with Gasteiger partial charge in [-0.3, -0.25) is 19.3 Å². The maximum Gasteiger partial charge on any atom is 0.246 e. The Morgan fingerprint density at radius 3 is 2.89 bits per heavy atom. The van der Waals surface area contributed by atoms with E-state index in [4.69, 9.17) is 10.5 Å². The maximum absolute atomic E-state index is 11.7. The topological polar surface area (TPSA) is 102 Å². The molecule has 1 heterocycles. The van der Waals surface area contributed by atoms with E-state index in [0.29, 0.717) is 13.0 Å². The number of nitrogens with one attached hydrogen (secondary N) is 1. The summed E-state index contributed by atoms with van der Waals surface area (Å²) in [5.41, 5.74) is 5.56. The first-order valence-corrected chi connectivity index (χ1v) is 5.83. The van der Waals surface area contributed by atoms with Crippen LogP contribution in [0.5, 0.6) is 0 Å². The fourth-order valence-electron chi connectivity index (χ4n) is 1.78. The van der Waals surface area contributed by atoms with Gasteiger partial charge < -0.3 is 15.8 Å². The molecule has 1 rings (SSSR count). The van der Waals surface area contributed by atoms with Crippen molar-refractivity contribution in [2.24, 2.45) is 5.73 Å². The van der Waals surface area contributed by atoms with E-state index in [0.717, 1.165) is 4.90 Å². The second-order valence-corrected chi connectivity index (χ2v) is 4.39. The lowest BCUT2D eigenvalue weighted by Crippen LogP contribution is -2.54. The van der Waals surface area contributed by atoms with Gasteiger partial charge in [0.05, 0.1) is 12.6 Å². The third kappa shape index (κ3) is 3.78. The molecule has 7 heteroatoms. The van der Waals surface area contributed by atoms with Gasteiger partial charge in [-0.05, 0) is 13.3 Å². The minimum Gasteiger partial charge on any atom is -0.383 e. The first-order valence-electron chi connectivity index (χ1n) is 5.83. The van der Waals surface area contributed by atoms with Crippen molar-refractivity contribution in [1.82, 2.24) is 10.2 Å². The molecule has 0 aromatic rings. The van der Waals surface area contributed by atoms with Crippen LogP contribution in [0.3, 0.4) is 0 Å². The number of methoxy groups -OCH3 is 1. The van der Waals surface area contributed by atoms with Crippen molar-refractivity contribution >= 4 is 17.7 Å². The molecule has 3 N–H and O–H groups in total. The van der Waals surface area contributed by atoms with Gasteiger partial charge in [-0.2, -0.15) is 0 Å². The van der Waals surface area contributed by atoms with Crippen molar-refractivity contribution in [3.8, 4) is 0 Å². The smallest absolute Gasteiger partial charge is 0.246 e. The number of carbonyl (C=O) groups is 3. The van der Waals surface area contributed by atoms with Crippen LogP contribution in [-0.2, 0) is 19.1 Å². The molecule has 0 saturated carbocycles. The summed E-state index contributed by atoms with van der Waals surface area (Å²) in [4.78, 5) is 35.8. The lowest BCUT2D eigenvalue weighted by molar-refractivity contribution is -0.151. The number of likely N-dealkylation sites (tertiary alicyclic amines) is 1. The van der Waals surface area contributed by atoms with Gasteiger partial charge in [0.1, 0.15) is 6.54 Å². The molecule has 18 heavy (non-hydrogen) atoms. The van der Waals surface area contributed by atoms with Gasteiger partial charge >= 0.3 is 0 Å². The highest BCUT2D eigenvalue weighted by atomic mass is 16.5. The zero-order chi connectivity index (χ0) is 13.7. The van der Waals surface area contributed by atoms with Crippen LogP contribution in [0.1, 0.15) is 19.8 Å². The fraction of sp³-hybridized carbons (Fsp3) is 0.727. The average molecular weight is 257 g/mol. The Balaban J connectivity index is 2.52. The Hall–Kier alpha value is -1.47. The lowest BCUT2D eigenvalue weighted by Gasteiger charge is -2.28. The first kappa shape index (κ1) is 14.6. The van der Waals surface area contributed by atoms with E-state index in [1.54, 1.807) is 6.92 Å². The van der Waals surface area contributed by atoms with Crippen LogP contribution >= 0.6 is 0 Å². The number of hydrogen-bond donors (Lipinski definition) is 2. The van der Waals surface area contributed by atoms with Crippen LogP contribution in [0.25, 0.3) is 0 Å². The summed E-state index contributed by atoms with van der Waals surface area (Å²) in [7, 11) is 1.53. The van der Waals surface area contributed by atoms with Gasteiger partial charge in [0.2, 0.25) is 17.7 Å². The van der Waals surface area contributed by atoms with Crippen molar-refractivity contribution in [3.63, 3.8) is 0 Å². The number of hydrogen-bond acceptors (Lipinski definition) is 5. The summed E-state index contributed by atoms with van der Waals surface area (Å²) < 4.78 is 4.87. The van der Waals surface area contributed by atoms with E-state index < -0.39 is 17.9 Å². The Bertz CT molecular complexity index is 345. The van der Waals surface area contributed by atoms with Crippen molar-refractivity contribution in [3.05, 3.63) is 0 Å². The molecule has 0 radical (unpaired) electrons. The minimum atomic E-state index is -0.688. The number of piperidine rings is 1. The Labute approximate surface area is 106 Å². The zero-order valence-electron chi connectivity index (χ0n) is 10.6. The van der Waals surface area contributed by atoms with Gasteiger partial charge in [0, 0.05) is 19.6 Å². The lowest BCUT2D eigenvalue weighted by atomic mass is 10.1. The van der Waals surface area contributed by atoms with Crippen LogP contribution in [0.2, 0.25) is 0 Å². The number of imide groups is 1. The van der Waals surface area contributed by atoms with Gasteiger partial charge in [0.25, 0.3) is 0 Å². The summed E-state index contributed by atoms with van der Waals surface area (Å²) in [6.45, 7) is 1.86. The molecular weight excluding hydrogens is 238 g/mol. The standard InChI is InChI=1S/C11H19N3O4/c1-7(6-18-2)13-9(15)5-14-10(16)4-3-8(12)11(14)17/h7-8H,3-6,12H2,1-2H3,(H,13,15). The van der Waals surface area contributed by atoms with Crippen LogP contribution < -0.4 is 11.1 Å². The van der Waals surface area contributed by atoms with E-state index in [-0.39, 0.29) is 24.9 Å². The molecule has 2 atom stereocenters. The quantitative estimate of drug-likeness (QED) is 0.591. The SMILES string of the molecule is COCC(C)NC(=O)CN1C(=O)CCC(N)C1=O. The van der Waals surface area contributed by atoms with Crippen molar-refractivity contribution in [1.29, 1.82) is 0 Å². The van der Waals surface area contributed by atoms with E-state index in [9.17, 15) is 14.4 Å². The summed E-state index contributed by atoms with van der Waals surface area (Å²) >= 11 is 0. The number of nitrogens with zero attached hydrogens (tertiary/aromatic N) is 1. The molecule has 0 aromatic heterocycles. The molecule has 1 aliphatic heterocycles. The first-order chi connectivity index (χ1) is 8.45. The molecule has 0 aliphatic carbocycles. The van der Waals surface area contributed by atoms with Crippen molar-refractivity contribution in [2.75, 3.05) is 20.3 Å². The molecule has 3 amide bonds. The monoisotopic (exact) mass is 257 g/mol. The van der Waals surface area contributed by atoms with E-state index in [2.05, 4.69) is 5.32 Å². The highest BCUT2D eigenvalue weighted by Crippen LogP contribution is 2.11. The predicted octanol–water partition coefficient (Wildman–Crippen LogP) is -1.39. The summed E-state index contributed by atoms with van der Waals surface area (Å²) in [6.07, 6.45) is 0.545. The highest BCUT2D eigenvalue weighted by Gasteiger charge is 2.33. The molecule has 2 unspecified atom stereocenters. The third-order valence-electron chi connectivity index (χ3n) is 2.68. The van der Waals surface area contributed by atoms with E-state index in [1.165, 1.54) is 7.11 Å². The van der Waals surface area contributed by atoms with Crippen LogP contribution in [-0.4, -0.2) is 55.0 Å². The Morgan fingerprint density at radius 2 is 2.28 bits per heavy atom. The maximum atomic E-state index is 11.7. The van der Waals surface area contributed by atoms with Crippen molar-refractivity contribution < 1.29 is 19.1 Å². The third-order valence-corrected chi connectivity index (χ3v) is 2.68. The molecule has 102 valence electrons. The molecular formula is C11H19N3O4.